The number of rotatable bonds is 2. The molecule has 7 heteroatoms. The Morgan fingerprint density at radius 2 is 2.11 bits per heavy atom. The van der Waals surface area contributed by atoms with Crippen molar-refractivity contribution in [3.8, 4) is 0 Å². The van der Waals surface area contributed by atoms with Crippen molar-refractivity contribution in [2.75, 3.05) is 6.26 Å². The average Bonchev–Trinajstić information content (AvgIpc) is 2.90. The van der Waals surface area contributed by atoms with E-state index in [4.69, 9.17) is 0 Å². The number of fused-ring (bicyclic) bond motifs is 3. The number of hydrogen-bond acceptors (Lipinski definition) is 5. The molecule has 1 aliphatic carbocycles. The van der Waals surface area contributed by atoms with Crippen LogP contribution < -0.4 is 0 Å². The normalized spacial score (nSPS) is 14.9. The molecule has 94 valence electrons. The van der Waals surface area contributed by atoms with Crippen LogP contribution in [0.1, 0.15) is 17.7 Å². The Morgan fingerprint density at radius 1 is 1.33 bits per heavy atom. The van der Waals surface area contributed by atoms with Gasteiger partial charge in [-0.3, -0.25) is 0 Å². The summed E-state index contributed by atoms with van der Waals surface area (Å²) >= 11 is 0. The van der Waals surface area contributed by atoms with Gasteiger partial charge in [0.05, 0.1) is 5.52 Å². The molecule has 0 atom stereocenters. The second-order valence-corrected chi connectivity index (χ2v) is 6.40. The number of hydrogen-bond donors (Lipinski definition) is 0. The Bertz CT molecular complexity index is 761. The third kappa shape index (κ3) is 1.47. The molecule has 1 aliphatic rings. The van der Waals surface area contributed by atoms with Crippen LogP contribution >= 0.6 is 0 Å². The van der Waals surface area contributed by atoms with E-state index in [0.29, 0.717) is 5.52 Å². The number of nitroso groups, excluding NO2 is 1. The molecule has 0 spiro atoms. The third-order valence-electron chi connectivity index (χ3n) is 3.24. The highest BCUT2D eigenvalue weighted by Crippen LogP contribution is 2.32. The van der Waals surface area contributed by atoms with E-state index in [2.05, 4.69) is 10.3 Å². The van der Waals surface area contributed by atoms with Crippen molar-refractivity contribution in [3.63, 3.8) is 0 Å². The van der Waals surface area contributed by atoms with Crippen LogP contribution in [0, 0.1) is 4.91 Å². The molecule has 0 bridgehead atoms. The lowest BCUT2D eigenvalue weighted by atomic mass is 10.2. The quantitative estimate of drug-likeness (QED) is 0.773. The van der Waals surface area contributed by atoms with Gasteiger partial charge in [-0.1, -0.05) is 6.07 Å². The maximum atomic E-state index is 11.6. The SMILES string of the molecule is CS(=O)(=O)c1nn2c3c(ccc2c1N=O)CCC3. The number of sulfone groups is 1. The van der Waals surface area contributed by atoms with Gasteiger partial charge in [0.1, 0.15) is 0 Å². The van der Waals surface area contributed by atoms with Gasteiger partial charge in [0, 0.05) is 11.9 Å². The highest BCUT2D eigenvalue weighted by Gasteiger charge is 2.25. The van der Waals surface area contributed by atoms with Crippen molar-refractivity contribution >= 4 is 21.0 Å². The molecule has 2 aromatic rings. The topological polar surface area (TPSA) is 80.9 Å². The average molecular weight is 265 g/mol. The lowest BCUT2D eigenvalue weighted by Gasteiger charge is -2.01. The summed E-state index contributed by atoms with van der Waals surface area (Å²) in [4.78, 5) is 10.9. The summed E-state index contributed by atoms with van der Waals surface area (Å²) in [7, 11) is -3.55. The fourth-order valence-corrected chi connectivity index (χ4v) is 3.17. The summed E-state index contributed by atoms with van der Waals surface area (Å²) in [6.07, 6.45) is 3.86. The fourth-order valence-electron chi connectivity index (χ4n) is 2.44. The Balaban J connectivity index is 2.45. The van der Waals surface area contributed by atoms with Gasteiger partial charge in [0.2, 0.25) is 5.03 Å². The first-order chi connectivity index (χ1) is 8.52. The lowest BCUT2D eigenvalue weighted by Crippen LogP contribution is -2.01. The Morgan fingerprint density at radius 3 is 2.78 bits per heavy atom. The van der Waals surface area contributed by atoms with Crippen molar-refractivity contribution in [1.29, 1.82) is 0 Å². The molecule has 2 aromatic heterocycles. The lowest BCUT2D eigenvalue weighted by molar-refractivity contribution is 0.596. The molecule has 0 N–H and O–H groups in total. The molecule has 6 nitrogen and oxygen atoms in total. The fraction of sp³-hybridized carbons (Fsp3) is 0.364. The number of aromatic nitrogens is 2. The van der Waals surface area contributed by atoms with Gasteiger partial charge in [0.15, 0.2) is 15.5 Å². The largest absolute Gasteiger partial charge is 0.234 e. The van der Waals surface area contributed by atoms with E-state index >= 15 is 0 Å². The van der Waals surface area contributed by atoms with E-state index in [1.165, 1.54) is 0 Å². The summed E-state index contributed by atoms with van der Waals surface area (Å²) < 4.78 is 24.8. The Labute approximate surface area is 104 Å². The van der Waals surface area contributed by atoms with Crippen LogP contribution in [0.15, 0.2) is 22.3 Å². The van der Waals surface area contributed by atoms with Crippen molar-refractivity contribution in [1.82, 2.24) is 9.61 Å². The smallest absolute Gasteiger partial charge is 0.207 e. The molecular formula is C11H11N3O3S. The third-order valence-corrected chi connectivity index (χ3v) is 4.21. The predicted molar refractivity (Wildman–Crippen MR) is 65.8 cm³/mol. The maximum Gasteiger partial charge on any atom is 0.207 e. The van der Waals surface area contributed by atoms with Gasteiger partial charge in [0.25, 0.3) is 0 Å². The van der Waals surface area contributed by atoms with Gasteiger partial charge in [-0.05, 0) is 36.1 Å². The molecule has 0 unspecified atom stereocenters. The molecule has 0 saturated carbocycles. The van der Waals surface area contributed by atoms with E-state index in [9.17, 15) is 13.3 Å². The summed E-state index contributed by atoms with van der Waals surface area (Å²) in [5.41, 5.74) is 2.51. The van der Waals surface area contributed by atoms with Crippen molar-refractivity contribution < 1.29 is 8.42 Å². The molecule has 3 rings (SSSR count). The summed E-state index contributed by atoms with van der Waals surface area (Å²) in [6.45, 7) is 0. The van der Waals surface area contributed by atoms with Crippen molar-refractivity contribution in [2.45, 2.75) is 24.3 Å². The number of nitrogens with zero attached hydrogens (tertiary/aromatic N) is 3. The molecule has 2 heterocycles. The van der Waals surface area contributed by atoms with E-state index in [1.54, 1.807) is 10.6 Å². The number of aryl methyl sites for hydroxylation is 2. The van der Waals surface area contributed by atoms with Crippen LogP contribution in [0.4, 0.5) is 5.69 Å². The predicted octanol–water partition coefficient (Wildman–Crippen LogP) is 1.62. The van der Waals surface area contributed by atoms with Gasteiger partial charge in [-0.15, -0.1) is 4.91 Å². The van der Waals surface area contributed by atoms with E-state index in [0.717, 1.165) is 36.8 Å². The minimum atomic E-state index is -3.55. The molecule has 0 saturated heterocycles. The summed E-state index contributed by atoms with van der Waals surface area (Å²) in [5, 5.41) is 6.66. The van der Waals surface area contributed by atoms with Crippen LogP contribution in [-0.4, -0.2) is 24.3 Å². The highest BCUT2D eigenvalue weighted by atomic mass is 32.2. The molecule has 0 amide bonds. The van der Waals surface area contributed by atoms with Gasteiger partial charge >= 0.3 is 0 Å². The van der Waals surface area contributed by atoms with Gasteiger partial charge in [-0.2, -0.15) is 5.10 Å². The molecule has 0 aliphatic heterocycles. The van der Waals surface area contributed by atoms with Crippen molar-refractivity contribution in [3.05, 3.63) is 28.3 Å². The van der Waals surface area contributed by atoms with Crippen LogP contribution in [-0.2, 0) is 22.7 Å². The first-order valence-electron chi connectivity index (χ1n) is 5.59. The van der Waals surface area contributed by atoms with Crippen LogP contribution in [0.2, 0.25) is 0 Å². The zero-order valence-corrected chi connectivity index (χ0v) is 10.6. The molecule has 0 fully saturated rings. The first-order valence-corrected chi connectivity index (χ1v) is 7.48. The standard InChI is InChI=1S/C11H11N3O3S/c1-18(16,17)11-10(13-15)9-6-5-7-3-2-4-8(7)14(9)12-11/h5-6H,2-4H2,1H3. The van der Waals surface area contributed by atoms with E-state index in [1.807, 2.05) is 6.07 Å². The van der Waals surface area contributed by atoms with Gasteiger partial charge < -0.3 is 0 Å². The monoisotopic (exact) mass is 265 g/mol. The van der Waals surface area contributed by atoms with Gasteiger partial charge in [-0.25, -0.2) is 12.9 Å². The second kappa shape index (κ2) is 3.61. The highest BCUT2D eigenvalue weighted by molar-refractivity contribution is 7.90. The minimum absolute atomic E-state index is 0.0906. The summed E-state index contributed by atoms with van der Waals surface area (Å²) in [5.74, 6) is 0. The van der Waals surface area contributed by atoms with Crippen LogP contribution in [0.5, 0.6) is 0 Å². The first kappa shape index (κ1) is 11.3. The molecule has 0 aromatic carbocycles. The Kier molecular flexibility index (Phi) is 2.28. The van der Waals surface area contributed by atoms with E-state index < -0.39 is 9.84 Å². The second-order valence-electron chi connectivity index (χ2n) is 4.47. The van der Waals surface area contributed by atoms with Crippen LogP contribution in [0.25, 0.3) is 5.52 Å². The minimum Gasteiger partial charge on any atom is -0.234 e. The van der Waals surface area contributed by atoms with E-state index in [-0.39, 0.29) is 10.7 Å². The maximum absolute atomic E-state index is 11.6. The molecule has 0 radical (unpaired) electrons. The van der Waals surface area contributed by atoms with Crippen LogP contribution in [0.3, 0.4) is 0 Å². The number of pyridine rings is 1. The summed E-state index contributed by atoms with van der Waals surface area (Å²) in [6, 6.07) is 3.63. The van der Waals surface area contributed by atoms with Crippen molar-refractivity contribution in [2.24, 2.45) is 5.18 Å². The Hall–Kier alpha value is -1.76. The molecule has 18 heavy (non-hydrogen) atoms. The molecular weight excluding hydrogens is 254 g/mol. The zero-order valence-electron chi connectivity index (χ0n) is 9.75. The zero-order chi connectivity index (χ0) is 12.9.